The van der Waals surface area contributed by atoms with Crippen LogP contribution in [0.5, 0.6) is 11.5 Å². The van der Waals surface area contributed by atoms with Gasteiger partial charge in [0.1, 0.15) is 5.82 Å². The Morgan fingerprint density at radius 1 is 1.08 bits per heavy atom. The smallest absolute Gasteiger partial charge is 0.231 e. The van der Waals surface area contributed by atoms with Crippen LogP contribution in [0.1, 0.15) is 18.9 Å². The Bertz CT molecular complexity index is 823. The third-order valence-corrected chi connectivity index (χ3v) is 3.64. The Labute approximate surface area is 143 Å². The van der Waals surface area contributed by atoms with Crippen LogP contribution in [0.4, 0.5) is 15.8 Å². The average Bonchev–Trinajstić information content (AvgIpc) is 3.03. The zero-order valence-corrected chi connectivity index (χ0v) is 13.6. The molecule has 1 aliphatic heterocycles. The average molecular weight is 344 g/mol. The van der Waals surface area contributed by atoms with Crippen molar-refractivity contribution in [2.24, 2.45) is 0 Å². The highest BCUT2D eigenvalue weighted by atomic mass is 19.1. The van der Waals surface area contributed by atoms with Crippen LogP contribution in [0.2, 0.25) is 0 Å². The van der Waals surface area contributed by atoms with E-state index in [1.54, 1.807) is 0 Å². The number of rotatable bonds is 5. The summed E-state index contributed by atoms with van der Waals surface area (Å²) in [6.07, 6.45) is 0.786. The lowest BCUT2D eigenvalue weighted by molar-refractivity contribution is -0.116. The van der Waals surface area contributed by atoms with Crippen LogP contribution in [0.15, 0.2) is 36.4 Å². The molecule has 0 unspecified atom stereocenters. The van der Waals surface area contributed by atoms with E-state index in [2.05, 4.69) is 10.6 Å². The number of ether oxygens (including phenoxy) is 2. The number of amides is 2. The van der Waals surface area contributed by atoms with Crippen LogP contribution in [-0.2, 0) is 16.0 Å². The molecule has 2 aromatic rings. The van der Waals surface area contributed by atoms with E-state index in [4.69, 9.17) is 9.47 Å². The lowest BCUT2D eigenvalue weighted by Crippen LogP contribution is -2.13. The van der Waals surface area contributed by atoms with Crippen molar-refractivity contribution in [2.75, 3.05) is 17.4 Å². The van der Waals surface area contributed by atoms with E-state index in [9.17, 15) is 14.0 Å². The van der Waals surface area contributed by atoms with Gasteiger partial charge in [0.25, 0.3) is 0 Å². The van der Waals surface area contributed by atoms with Crippen molar-refractivity contribution in [3.8, 4) is 11.5 Å². The van der Waals surface area contributed by atoms with Crippen molar-refractivity contribution < 1.29 is 23.5 Å². The number of benzene rings is 2. The van der Waals surface area contributed by atoms with Crippen molar-refractivity contribution in [3.05, 3.63) is 47.8 Å². The van der Waals surface area contributed by atoms with Gasteiger partial charge in [-0.25, -0.2) is 4.39 Å². The van der Waals surface area contributed by atoms with Gasteiger partial charge in [-0.15, -0.1) is 0 Å². The first-order valence-electron chi connectivity index (χ1n) is 7.77. The van der Waals surface area contributed by atoms with Crippen molar-refractivity contribution in [2.45, 2.75) is 19.8 Å². The van der Waals surface area contributed by atoms with Gasteiger partial charge in [0.15, 0.2) is 11.5 Å². The molecule has 3 rings (SSSR count). The third-order valence-electron chi connectivity index (χ3n) is 3.64. The molecule has 1 heterocycles. The molecule has 0 spiro atoms. The van der Waals surface area contributed by atoms with E-state index in [0.29, 0.717) is 23.6 Å². The van der Waals surface area contributed by atoms with E-state index >= 15 is 0 Å². The Morgan fingerprint density at radius 2 is 1.88 bits per heavy atom. The molecule has 0 aliphatic carbocycles. The fourth-order valence-electron chi connectivity index (χ4n) is 2.47. The monoisotopic (exact) mass is 344 g/mol. The van der Waals surface area contributed by atoms with E-state index in [-0.39, 0.29) is 30.7 Å². The van der Waals surface area contributed by atoms with Gasteiger partial charge in [-0.1, -0.05) is 6.07 Å². The van der Waals surface area contributed by atoms with E-state index < -0.39 is 5.82 Å². The Hall–Kier alpha value is -3.09. The minimum atomic E-state index is -0.562. The maximum Gasteiger partial charge on any atom is 0.231 e. The molecule has 0 fully saturated rings. The van der Waals surface area contributed by atoms with Gasteiger partial charge < -0.3 is 20.1 Å². The summed E-state index contributed by atoms with van der Waals surface area (Å²) in [4.78, 5) is 23.1. The summed E-state index contributed by atoms with van der Waals surface area (Å²) >= 11 is 0. The highest BCUT2D eigenvalue weighted by molar-refractivity contribution is 5.93. The highest BCUT2D eigenvalue weighted by Crippen LogP contribution is 2.32. The molecule has 6 nitrogen and oxygen atoms in total. The quantitative estimate of drug-likeness (QED) is 0.874. The highest BCUT2D eigenvalue weighted by Gasteiger charge is 2.14. The van der Waals surface area contributed by atoms with Gasteiger partial charge in [-0.05, 0) is 42.3 Å². The topological polar surface area (TPSA) is 76.7 Å². The largest absolute Gasteiger partial charge is 0.454 e. The minimum Gasteiger partial charge on any atom is -0.454 e. The lowest BCUT2D eigenvalue weighted by Gasteiger charge is -2.09. The molecule has 7 heteroatoms. The summed E-state index contributed by atoms with van der Waals surface area (Å²) < 4.78 is 24.1. The molecule has 1 aliphatic rings. The number of halogens is 1. The fourth-order valence-corrected chi connectivity index (χ4v) is 2.47. The van der Waals surface area contributed by atoms with Gasteiger partial charge in [-0.3, -0.25) is 9.59 Å². The summed E-state index contributed by atoms with van der Waals surface area (Å²) in [6, 6.07) is 9.57. The molecule has 130 valence electrons. The lowest BCUT2D eigenvalue weighted by atomic mass is 10.1. The summed E-state index contributed by atoms with van der Waals surface area (Å²) in [5, 5.41) is 5.07. The molecule has 25 heavy (non-hydrogen) atoms. The SMILES string of the molecule is CC(=O)Nc1cc(NC(=O)CCc2ccc3c(c2)OCO3)ccc1F. The van der Waals surface area contributed by atoms with Crippen LogP contribution < -0.4 is 20.1 Å². The number of nitrogens with one attached hydrogen (secondary N) is 2. The molecule has 0 bridgehead atoms. The van der Waals surface area contributed by atoms with E-state index in [0.717, 1.165) is 5.56 Å². The zero-order valence-electron chi connectivity index (χ0n) is 13.6. The number of carbonyl (C=O) groups excluding carboxylic acids is 2. The standard InChI is InChI=1S/C18H17FN2O4/c1-11(22)20-15-9-13(4-5-14(15)19)21-18(23)7-3-12-2-6-16-17(8-12)25-10-24-16/h2,4-6,8-9H,3,7,10H2,1H3,(H,20,22)(H,21,23). The number of carbonyl (C=O) groups is 2. The maximum absolute atomic E-state index is 13.6. The second kappa shape index (κ2) is 7.21. The molecule has 0 radical (unpaired) electrons. The molecular formula is C18H17FN2O4. The Morgan fingerprint density at radius 3 is 2.68 bits per heavy atom. The Kier molecular flexibility index (Phi) is 4.83. The fraction of sp³-hybridized carbons (Fsp3) is 0.222. The van der Waals surface area contributed by atoms with E-state index in [1.165, 1.54) is 25.1 Å². The normalized spacial score (nSPS) is 11.9. The Balaban J connectivity index is 1.58. The van der Waals surface area contributed by atoms with Crippen LogP contribution in [-0.4, -0.2) is 18.6 Å². The van der Waals surface area contributed by atoms with Crippen molar-refractivity contribution in [3.63, 3.8) is 0 Å². The van der Waals surface area contributed by atoms with Gasteiger partial charge in [0.05, 0.1) is 5.69 Å². The maximum atomic E-state index is 13.6. The van der Waals surface area contributed by atoms with Crippen LogP contribution in [0.25, 0.3) is 0 Å². The molecule has 0 saturated heterocycles. The predicted molar refractivity (Wildman–Crippen MR) is 90.2 cm³/mol. The van der Waals surface area contributed by atoms with Crippen LogP contribution >= 0.6 is 0 Å². The summed E-state index contributed by atoms with van der Waals surface area (Å²) in [5.41, 5.74) is 1.40. The van der Waals surface area contributed by atoms with Gasteiger partial charge >= 0.3 is 0 Å². The summed E-state index contributed by atoms with van der Waals surface area (Å²) in [6.45, 7) is 1.50. The minimum absolute atomic E-state index is 0.0288. The molecule has 0 saturated carbocycles. The first-order valence-corrected chi connectivity index (χ1v) is 7.77. The van der Waals surface area contributed by atoms with Gasteiger partial charge in [0, 0.05) is 19.0 Å². The first kappa shape index (κ1) is 16.8. The molecule has 2 amide bonds. The number of hydrogen-bond acceptors (Lipinski definition) is 4. The van der Waals surface area contributed by atoms with Crippen LogP contribution in [0.3, 0.4) is 0 Å². The summed E-state index contributed by atoms with van der Waals surface area (Å²) in [5.74, 6) is 0.221. The second-order valence-electron chi connectivity index (χ2n) is 5.61. The van der Waals surface area contributed by atoms with Crippen molar-refractivity contribution in [1.82, 2.24) is 0 Å². The second-order valence-corrected chi connectivity index (χ2v) is 5.61. The number of aryl methyl sites for hydroxylation is 1. The van der Waals surface area contributed by atoms with Gasteiger partial charge in [-0.2, -0.15) is 0 Å². The molecule has 0 atom stereocenters. The van der Waals surface area contributed by atoms with Gasteiger partial charge in [0.2, 0.25) is 18.6 Å². The summed E-state index contributed by atoms with van der Waals surface area (Å²) in [7, 11) is 0. The first-order chi connectivity index (χ1) is 12.0. The van der Waals surface area contributed by atoms with E-state index in [1.807, 2.05) is 18.2 Å². The zero-order chi connectivity index (χ0) is 17.8. The van der Waals surface area contributed by atoms with Crippen molar-refractivity contribution >= 4 is 23.2 Å². The molecule has 2 aromatic carbocycles. The number of hydrogen-bond donors (Lipinski definition) is 2. The number of anilines is 2. The van der Waals surface area contributed by atoms with Crippen LogP contribution in [0, 0.1) is 5.82 Å². The molecular weight excluding hydrogens is 327 g/mol. The molecule has 0 aromatic heterocycles. The predicted octanol–water partition coefficient (Wildman–Crippen LogP) is 3.08. The number of fused-ring (bicyclic) bond motifs is 1. The van der Waals surface area contributed by atoms with Crippen molar-refractivity contribution in [1.29, 1.82) is 0 Å². The third kappa shape index (κ3) is 4.26. The molecule has 2 N–H and O–H groups in total.